The van der Waals surface area contributed by atoms with Crippen LogP contribution in [0.25, 0.3) is 0 Å². The molecule has 6 heteroatoms. The van der Waals surface area contributed by atoms with Gasteiger partial charge in [-0.3, -0.25) is 10.2 Å². The number of hydrogen-bond donors (Lipinski definition) is 3. The van der Waals surface area contributed by atoms with Gasteiger partial charge < -0.3 is 10.4 Å². The lowest BCUT2D eigenvalue weighted by molar-refractivity contribution is -0.136. The van der Waals surface area contributed by atoms with Gasteiger partial charge in [0.05, 0.1) is 6.42 Å². The molecule has 0 saturated carbocycles. The van der Waals surface area contributed by atoms with Gasteiger partial charge in [0.1, 0.15) is 0 Å². The second kappa shape index (κ2) is 5.86. The van der Waals surface area contributed by atoms with Crippen LogP contribution >= 0.6 is 0 Å². The highest BCUT2D eigenvalue weighted by atomic mass is 16.4. The molecule has 6 nitrogen and oxygen atoms in total. The predicted molar refractivity (Wildman–Crippen MR) is 63.6 cm³/mol. The van der Waals surface area contributed by atoms with Crippen molar-refractivity contribution in [1.82, 2.24) is 10.4 Å². The molecule has 0 fully saturated rings. The van der Waals surface area contributed by atoms with Crippen molar-refractivity contribution in [2.45, 2.75) is 6.42 Å². The van der Waals surface area contributed by atoms with Gasteiger partial charge in [0.25, 0.3) is 0 Å². The number of nitrogens with one attached hydrogen (secondary N) is 2. The second-order valence-electron chi connectivity index (χ2n) is 3.69. The van der Waals surface area contributed by atoms with Crippen molar-refractivity contribution < 1.29 is 14.7 Å². The SMILES string of the molecule is CN(C)NC(=O)Nc1ccccc1CC(=O)O. The topological polar surface area (TPSA) is 81.7 Å². The van der Waals surface area contributed by atoms with Crippen molar-refractivity contribution in [2.24, 2.45) is 0 Å². The van der Waals surface area contributed by atoms with Crippen LogP contribution in [0.2, 0.25) is 0 Å². The highest BCUT2D eigenvalue weighted by Crippen LogP contribution is 2.15. The third-order valence-corrected chi connectivity index (χ3v) is 1.93. The Labute approximate surface area is 99.2 Å². The van der Waals surface area contributed by atoms with Crippen LogP contribution in [-0.4, -0.2) is 36.2 Å². The van der Waals surface area contributed by atoms with Gasteiger partial charge in [-0.1, -0.05) is 18.2 Å². The fourth-order valence-electron chi connectivity index (χ4n) is 1.31. The van der Waals surface area contributed by atoms with Crippen molar-refractivity contribution in [3.63, 3.8) is 0 Å². The molecule has 0 aliphatic carbocycles. The fraction of sp³-hybridized carbons (Fsp3) is 0.273. The number of carboxylic acid groups (broad SMARTS) is 1. The molecule has 0 bridgehead atoms. The summed E-state index contributed by atoms with van der Waals surface area (Å²) in [5.41, 5.74) is 3.57. The first kappa shape index (κ1) is 13.0. The van der Waals surface area contributed by atoms with Crippen molar-refractivity contribution in [3.8, 4) is 0 Å². The molecule has 0 aliphatic heterocycles. The average molecular weight is 237 g/mol. The standard InChI is InChI=1S/C11H15N3O3/c1-14(2)13-11(17)12-9-6-4-3-5-8(9)7-10(15)16/h3-6H,7H2,1-2H3,(H,15,16)(H2,12,13,17). The van der Waals surface area contributed by atoms with E-state index in [1.807, 2.05) is 0 Å². The van der Waals surface area contributed by atoms with Gasteiger partial charge in [0.2, 0.25) is 0 Å². The lowest BCUT2D eigenvalue weighted by Gasteiger charge is -2.14. The first-order valence-electron chi connectivity index (χ1n) is 5.03. The molecule has 3 N–H and O–H groups in total. The number of rotatable bonds is 4. The lowest BCUT2D eigenvalue weighted by atomic mass is 10.1. The zero-order valence-corrected chi connectivity index (χ0v) is 9.73. The first-order valence-corrected chi connectivity index (χ1v) is 5.03. The summed E-state index contributed by atoms with van der Waals surface area (Å²) in [5.74, 6) is -0.938. The Bertz CT molecular complexity index is 418. The molecule has 0 atom stereocenters. The molecule has 1 rings (SSSR count). The summed E-state index contributed by atoms with van der Waals surface area (Å²) >= 11 is 0. The summed E-state index contributed by atoms with van der Waals surface area (Å²) in [7, 11) is 3.37. The molecular formula is C11H15N3O3. The predicted octanol–water partition coefficient (Wildman–Crippen LogP) is 0.912. The molecule has 1 aromatic rings. The third-order valence-electron chi connectivity index (χ3n) is 1.93. The average Bonchev–Trinajstić information content (AvgIpc) is 2.18. The Kier molecular flexibility index (Phi) is 4.47. The molecule has 0 unspecified atom stereocenters. The van der Waals surface area contributed by atoms with Gasteiger partial charge in [-0.2, -0.15) is 0 Å². The van der Waals surface area contributed by atoms with Crippen LogP contribution in [0.1, 0.15) is 5.56 Å². The van der Waals surface area contributed by atoms with Crippen LogP contribution in [0.15, 0.2) is 24.3 Å². The van der Waals surface area contributed by atoms with Gasteiger partial charge in [-0.15, -0.1) is 0 Å². The van der Waals surface area contributed by atoms with Gasteiger partial charge >= 0.3 is 12.0 Å². The number of carboxylic acids is 1. The second-order valence-corrected chi connectivity index (χ2v) is 3.69. The largest absolute Gasteiger partial charge is 0.481 e. The fourth-order valence-corrected chi connectivity index (χ4v) is 1.31. The maximum atomic E-state index is 11.4. The van der Waals surface area contributed by atoms with Crippen LogP contribution in [0.3, 0.4) is 0 Å². The summed E-state index contributed by atoms with van der Waals surface area (Å²) in [6.45, 7) is 0. The number of nitrogens with zero attached hydrogens (tertiary/aromatic N) is 1. The number of anilines is 1. The molecule has 0 heterocycles. The maximum absolute atomic E-state index is 11.4. The monoisotopic (exact) mass is 237 g/mol. The van der Waals surface area contributed by atoms with E-state index >= 15 is 0 Å². The van der Waals surface area contributed by atoms with Crippen molar-refractivity contribution >= 4 is 17.7 Å². The van der Waals surface area contributed by atoms with Crippen LogP contribution in [0.4, 0.5) is 10.5 Å². The third kappa shape index (κ3) is 4.52. The van der Waals surface area contributed by atoms with E-state index in [0.717, 1.165) is 0 Å². The minimum Gasteiger partial charge on any atom is -0.481 e. The molecule has 17 heavy (non-hydrogen) atoms. The normalized spacial score (nSPS) is 10.1. The van der Waals surface area contributed by atoms with E-state index in [-0.39, 0.29) is 6.42 Å². The zero-order valence-electron chi connectivity index (χ0n) is 9.73. The number of hydrazine groups is 1. The number of aliphatic carboxylic acids is 1. The maximum Gasteiger partial charge on any atom is 0.333 e. The van der Waals surface area contributed by atoms with Gasteiger partial charge in [-0.25, -0.2) is 9.80 Å². The number of hydrogen-bond acceptors (Lipinski definition) is 3. The van der Waals surface area contributed by atoms with E-state index in [9.17, 15) is 9.59 Å². The van der Waals surface area contributed by atoms with E-state index < -0.39 is 12.0 Å². The van der Waals surface area contributed by atoms with Crippen molar-refractivity contribution in [1.29, 1.82) is 0 Å². The zero-order chi connectivity index (χ0) is 12.8. The molecule has 2 amide bonds. The summed E-state index contributed by atoms with van der Waals surface area (Å²) < 4.78 is 0. The number of benzene rings is 1. The summed E-state index contributed by atoms with van der Waals surface area (Å²) in [6.07, 6.45) is -0.127. The molecule has 0 aromatic heterocycles. The lowest BCUT2D eigenvalue weighted by Crippen LogP contribution is -2.39. The summed E-state index contributed by atoms with van der Waals surface area (Å²) in [4.78, 5) is 22.1. The highest BCUT2D eigenvalue weighted by Gasteiger charge is 2.09. The quantitative estimate of drug-likeness (QED) is 0.680. The molecule has 0 spiro atoms. The smallest absolute Gasteiger partial charge is 0.333 e. The molecule has 0 radical (unpaired) electrons. The van der Waals surface area contributed by atoms with Gasteiger partial charge in [0.15, 0.2) is 0 Å². The number of carbonyl (C=O) groups is 2. The van der Waals surface area contributed by atoms with Gasteiger partial charge in [0, 0.05) is 19.8 Å². The Morgan fingerprint density at radius 3 is 2.53 bits per heavy atom. The summed E-state index contributed by atoms with van der Waals surface area (Å²) in [6, 6.07) is 6.38. The van der Waals surface area contributed by atoms with E-state index in [0.29, 0.717) is 11.3 Å². The molecule has 1 aromatic carbocycles. The Morgan fingerprint density at radius 2 is 1.94 bits per heavy atom. The minimum atomic E-state index is -0.938. The van der Waals surface area contributed by atoms with Crippen molar-refractivity contribution in [2.75, 3.05) is 19.4 Å². The number of amides is 2. The highest BCUT2D eigenvalue weighted by molar-refractivity contribution is 5.90. The number of para-hydroxylation sites is 1. The van der Waals surface area contributed by atoms with Crippen LogP contribution in [-0.2, 0) is 11.2 Å². The van der Waals surface area contributed by atoms with Crippen LogP contribution < -0.4 is 10.7 Å². The Balaban J connectivity index is 2.76. The molecule has 92 valence electrons. The van der Waals surface area contributed by atoms with Crippen LogP contribution in [0.5, 0.6) is 0 Å². The van der Waals surface area contributed by atoms with E-state index in [1.54, 1.807) is 38.4 Å². The Morgan fingerprint density at radius 1 is 1.29 bits per heavy atom. The summed E-state index contributed by atoms with van der Waals surface area (Å²) in [5, 5.41) is 12.8. The van der Waals surface area contributed by atoms with Crippen LogP contribution in [0, 0.1) is 0 Å². The molecule has 0 aliphatic rings. The molecular weight excluding hydrogens is 222 g/mol. The minimum absolute atomic E-state index is 0.127. The first-order chi connectivity index (χ1) is 7.99. The Hall–Kier alpha value is -2.08. The number of carbonyl (C=O) groups excluding carboxylic acids is 1. The van der Waals surface area contributed by atoms with E-state index in [2.05, 4.69) is 10.7 Å². The van der Waals surface area contributed by atoms with Crippen molar-refractivity contribution in [3.05, 3.63) is 29.8 Å². The van der Waals surface area contributed by atoms with E-state index in [4.69, 9.17) is 5.11 Å². The van der Waals surface area contributed by atoms with E-state index in [1.165, 1.54) is 5.01 Å². The molecule has 0 saturated heterocycles. The number of urea groups is 1. The van der Waals surface area contributed by atoms with Gasteiger partial charge in [-0.05, 0) is 11.6 Å².